The van der Waals surface area contributed by atoms with E-state index in [1.165, 1.54) is 6.20 Å². The van der Waals surface area contributed by atoms with Crippen LogP contribution in [0.3, 0.4) is 0 Å². The first kappa shape index (κ1) is 24.3. The van der Waals surface area contributed by atoms with E-state index in [-0.39, 0.29) is 12.4 Å². The minimum Gasteiger partial charge on any atom is -0.465 e. The van der Waals surface area contributed by atoms with E-state index in [2.05, 4.69) is 9.97 Å². The van der Waals surface area contributed by atoms with Gasteiger partial charge in [0.15, 0.2) is 5.75 Å². The van der Waals surface area contributed by atoms with Gasteiger partial charge in [-0.3, -0.25) is 5.41 Å². The maximum atomic E-state index is 15.1. The lowest BCUT2D eigenvalue weighted by Crippen LogP contribution is -2.22. The average Bonchev–Trinajstić information content (AvgIpc) is 2.88. The number of aromatic nitrogens is 2. The normalized spacial score (nSPS) is 16.0. The third-order valence-electron chi connectivity index (χ3n) is 5.65. The molecule has 0 spiro atoms. The number of nitrogens with one attached hydrogen (secondary N) is 1. The number of fused-ring (bicyclic) bond motifs is 2. The number of rotatable bonds is 4. The summed E-state index contributed by atoms with van der Waals surface area (Å²) in [5.41, 5.74) is 8.71. The van der Waals surface area contributed by atoms with E-state index < -0.39 is 23.8 Å². The Hall–Kier alpha value is -3.85. The van der Waals surface area contributed by atoms with Crippen molar-refractivity contribution in [2.75, 3.05) is 19.8 Å². The predicted molar refractivity (Wildman–Crippen MR) is 128 cm³/mol. The Morgan fingerprint density at radius 1 is 1.17 bits per heavy atom. The third kappa shape index (κ3) is 5.00. The number of nitrogens with two attached hydrogens (primary N) is 1. The van der Waals surface area contributed by atoms with Gasteiger partial charge in [0, 0.05) is 22.9 Å². The maximum absolute atomic E-state index is 15.1. The summed E-state index contributed by atoms with van der Waals surface area (Å²) in [6.45, 7) is 4.91. The average molecular weight is 481 g/mol. The topological polar surface area (TPSA) is 103 Å². The van der Waals surface area contributed by atoms with Gasteiger partial charge in [0.1, 0.15) is 12.4 Å². The number of halogens is 2. The predicted octanol–water partition coefficient (Wildman–Crippen LogP) is 5.40. The number of hydrogen-bond acceptors (Lipinski definition) is 6. The zero-order valence-electron chi connectivity index (χ0n) is 19.5. The quantitative estimate of drug-likeness (QED) is 0.294. The molecule has 3 N–H and O–H groups in total. The van der Waals surface area contributed by atoms with E-state index in [9.17, 15) is 4.39 Å². The zero-order valence-corrected chi connectivity index (χ0v) is 19.5. The van der Waals surface area contributed by atoms with Gasteiger partial charge in [-0.2, -0.15) is 8.78 Å². The van der Waals surface area contributed by atoms with Crippen LogP contribution in [0.2, 0.25) is 0 Å². The largest absolute Gasteiger partial charge is 0.465 e. The Morgan fingerprint density at radius 3 is 2.71 bits per heavy atom. The van der Waals surface area contributed by atoms with Gasteiger partial charge in [-0.15, -0.1) is 0 Å². The van der Waals surface area contributed by atoms with E-state index in [4.69, 9.17) is 25.4 Å². The van der Waals surface area contributed by atoms with Gasteiger partial charge in [-0.1, -0.05) is 26.0 Å². The SMILES string of the molecule is CC.N=C(N)OCC1c2cc(-c3cccnc3F)ccc2Oc2c1cc(C1=CCCOC1)nc2F. The molecule has 0 fully saturated rings. The highest BCUT2D eigenvalue weighted by atomic mass is 19.1. The summed E-state index contributed by atoms with van der Waals surface area (Å²) in [7, 11) is 0. The van der Waals surface area contributed by atoms with Crippen molar-refractivity contribution in [1.82, 2.24) is 9.97 Å². The molecule has 3 aromatic rings. The van der Waals surface area contributed by atoms with E-state index in [0.29, 0.717) is 53.3 Å². The third-order valence-corrected chi connectivity index (χ3v) is 5.65. The van der Waals surface area contributed by atoms with Crippen molar-refractivity contribution in [2.24, 2.45) is 5.73 Å². The zero-order chi connectivity index (χ0) is 24.9. The summed E-state index contributed by atoms with van der Waals surface area (Å²) in [4.78, 5) is 7.80. The summed E-state index contributed by atoms with van der Waals surface area (Å²) in [5, 5.41) is 7.49. The summed E-state index contributed by atoms with van der Waals surface area (Å²) in [6.07, 6.45) is 4.06. The van der Waals surface area contributed by atoms with Gasteiger partial charge >= 0.3 is 0 Å². The van der Waals surface area contributed by atoms with Crippen LogP contribution in [0.25, 0.3) is 16.7 Å². The number of pyridine rings is 2. The molecule has 1 aromatic carbocycles. The molecule has 1 atom stereocenters. The van der Waals surface area contributed by atoms with Crippen molar-refractivity contribution in [3.05, 3.63) is 77.4 Å². The molecule has 2 aliphatic heterocycles. The van der Waals surface area contributed by atoms with Crippen molar-refractivity contribution in [1.29, 1.82) is 5.41 Å². The Morgan fingerprint density at radius 2 is 2.00 bits per heavy atom. The van der Waals surface area contributed by atoms with Crippen LogP contribution in [0, 0.1) is 17.3 Å². The standard InChI is InChI=1S/C24H20F2N4O3.C2H6/c25-22-15(4-1-7-29-22)13-5-6-20-16(9-13)18(12-32-24(27)28)17-10-19(14-3-2-8-31-11-14)30-23(26)21(17)33-20;1-2/h1,3-7,9-10,18H,2,8,11-12H2,(H3,27,28);1-2H3. The second-order valence-corrected chi connectivity index (χ2v) is 7.71. The lowest BCUT2D eigenvalue weighted by atomic mass is 9.86. The molecule has 5 rings (SSSR count). The molecule has 0 aliphatic carbocycles. The van der Waals surface area contributed by atoms with Gasteiger partial charge in [0.2, 0.25) is 5.95 Å². The Balaban J connectivity index is 0.00000141. The molecular weight excluding hydrogens is 454 g/mol. The van der Waals surface area contributed by atoms with Gasteiger partial charge in [0.25, 0.3) is 12.0 Å². The van der Waals surface area contributed by atoms with E-state index in [1.54, 1.807) is 36.4 Å². The summed E-state index contributed by atoms with van der Waals surface area (Å²) >= 11 is 0. The van der Waals surface area contributed by atoms with Crippen LogP contribution in [0.4, 0.5) is 8.78 Å². The van der Waals surface area contributed by atoms with Crippen molar-refractivity contribution in [3.8, 4) is 22.6 Å². The molecule has 182 valence electrons. The highest BCUT2D eigenvalue weighted by molar-refractivity contribution is 5.71. The molecule has 2 aliphatic rings. The molecule has 35 heavy (non-hydrogen) atoms. The smallest absolute Gasteiger partial charge is 0.279 e. The summed E-state index contributed by atoms with van der Waals surface area (Å²) in [6, 6.07) is 9.63. The van der Waals surface area contributed by atoms with Crippen LogP contribution >= 0.6 is 0 Å². The van der Waals surface area contributed by atoms with Crippen LogP contribution in [-0.2, 0) is 9.47 Å². The molecule has 2 aromatic heterocycles. The Labute approximate surface area is 202 Å². The number of amidine groups is 1. The van der Waals surface area contributed by atoms with Gasteiger partial charge in [-0.25, -0.2) is 9.97 Å². The monoisotopic (exact) mass is 480 g/mol. The van der Waals surface area contributed by atoms with E-state index in [0.717, 1.165) is 5.57 Å². The molecule has 1 unspecified atom stereocenters. The minimum atomic E-state index is -0.755. The van der Waals surface area contributed by atoms with Crippen molar-refractivity contribution < 1.29 is 23.0 Å². The van der Waals surface area contributed by atoms with Crippen molar-refractivity contribution >= 4 is 11.6 Å². The summed E-state index contributed by atoms with van der Waals surface area (Å²) < 4.78 is 46.1. The first-order chi connectivity index (χ1) is 17.0. The first-order valence-corrected chi connectivity index (χ1v) is 11.4. The van der Waals surface area contributed by atoms with Crippen LogP contribution in [0.5, 0.6) is 11.5 Å². The van der Waals surface area contributed by atoms with Crippen LogP contribution in [0.15, 0.2) is 48.7 Å². The fourth-order valence-corrected chi connectivity index (χ4v) is 4.09. The second kappa shape index (κ2) is 10.6. The molecule has 4 heterocycles. The lowest BCUT2D eigenvalue weighted by molar-refractivity contribution is 0.164. The minimum absolute atomic E-state index is 0.0129. The van der Waals surface area contributed by atoms with Crippen molar-refractivity contribution in [2.45, 2.75) is 26.2 Å². The molecule has 0 radical (unpaired) electrons. The number of ether oxygens (including phenoxy) is 3. The number of hydrogen-bond donors (Lipinski definition) is 2. The second-order valence-electron chi connectivity index (χ2n) is 7.71. The van der Waals surface area contributed by atoms with Crippen molar-refractivity contribution in [3.63, 3.8) is 0 Å². The van der Waals surface area contributed by atoms with Gasteiger partial charge in [-0.05, 0) is 47.9 Å². The molecule has 0 bridgehead atoms. The molecule has 0 saturated carbocycles. The van der Waals surface area contributed by atoms with Gasteiger partial charge in [0.05, 0.1) is 24.8 Å². The summed E-state index contributed by atoms with van der Waals surface area (Å²) in [5.74, 6) is -1.51. The lowest BCUT2D eigenvalue weighted by Gasteiger charge is -2.29. The number of benzene rings is 1. The molecule has 0 saturated heterocycles. The fourth-order valence-electron chi connectivity index (χ4n) is 4.09. The molecular formula is C26H26F2N4O3. The van der Waals surface area contributed by atoms with Crippen LogP contribution in [-0.4, -0.2) is 35.8 Å². The highest BCUT2D eigenvalue weighted by Crippen LogP contribution is 2.47. The van der Waals surface area contributed by atoms with E-state index in [1.807, 2.05) is 19.9 Å². The maximum Gasteiger partial charge on any atom is 0.279 e. The Kier molecular flexibility index (Phi) is 7.36. The first-order valence-electron chi connectivity index (χ1n) is 11.4. The van der Waals surface area contributed by atoms with E-state index >= 15 is 4.39 Å². The highest BCUT2D eigenvalue weighted by Gasteiger charge is 2.32. The number of nitrogens with zero attached hydrogens (tertiary/aromatic N) is 2. The van der Waals surface area contributed by atoms with Crippen LogP contribution in [0.1, 0.15) is 43.0 Å². The molecule has 9 heteroatoms. The molecule has 0 amide bonds. The Bertz CT molecular complexity index is 1280. The fraction of sp³-hybridized carbons (Fsp3) is 0.269. The molecule has 7 nitrogen and oxygen atoms in total. The van der Waals surface area contributed by atoms with Gasteiger partial charge < -0.3 is 19.9 Å². The van der Waals surface area contributed by atoms with Crippen LogP contribution < -0.4 is 10.5 Å².